The Morgan fingerprint density at radius 1 is 1.00 bits per heavy atom. The van der Waals surface area contributed by atoms with E-state index >= 15 is 0 Å². The van der Waals surface area contributed by atoms with E-state index in [0.717, 1.165) is 44.9 Å². The molecule has 0 heterocycles. The Labute approximate surface area is 147 Å². The number of carbonyl (C=O) groups is 1. The van der Waals surface area contributed by atoms with Crippen LogP contribution in [0.4, 0.5) is 0 Å². The quantitative estimate of drug-likeness (QED) is 0.525. The van der Waals surface area contributed by atoms with Gasteiger partial charge in [0.15, 0.2) is 0 Å². The van der Waals surface area contributed by atoms with Gasteiger partial charge < -0.3 is 9.84 Å². The lowest BCUT2D eigenvalue weighted by Gasteiger charge is -2.48. The fourth-order valence-corrected chi connectivity index (χ4v) is 3.55. The van der Waals surface area contributed by atoms with Crippen molar-refractivity contribution in [2.24, 2.45) is 5.41 Å². The van der Waals surface area contributed by atoms with E-state index in [1.165, 1.54) is 12.1 Å². The first-order valence-corrected chi connectivity index (χ1v) is 9.40. The maximum absolute atomic E-state index is 12.8. The lowest BCUT2D eigenvalue weighted by molar-refractivity contribution is -0.108. The Morgan fingerprint density at radius 3 is 2.04 bits per heavy atom. The van der Waals surface area contributed by atoms with Crippen LogP contribution in [-0.2, 0) is 4.74 Å². The number of hydrogen-bond donors (Lipinski definition) is 1. The lowest BCUT2D eigenvalue weighted by Crippen LogP contribution is -2.49. The minimum atomic E-state index is -0.434. The molecule has 1 rings (SSSR count). The highest BCUT2D eigenvalue weighted by Crippen LogP contribution is 2.47. The van der Waals surface area contributed by atoms with Crippen molar-refractivity contribution in [1.29, 1.82) is 0 Å². The molecule has 0 amide bonds. The average Bonchev–Trinajstić information content (AvgIpc) is 2.59. The maximum atomic E-state index is 12.8. The Hall–Kier alpha value is -1.51. The zero-order chi connectivity index (χ0) is 18.2. The van der Waals surface area contributed by atoms with E-state index in [0.29, 0.717) is 5.56 Å². The number of phenols is 1. The molecular weight excluding hydrogens is 300 g/mol. The molecule has 3 heteroatoms. The molecule has 0 aliphatic heterocycles. The molecule has 1 aromatic carbocycles. The van der Waals surface area contributed by atoms with Crippen molar-refractivity contribution in [1.82, 2.24) is 0 Å². The smallest absolute Gasteiger partial charge is 0.338 e. The van der Waals surface area contributed by atoms with Crippen LogP contribution in [0.3, 0.4) is 0 Å². The Kier molecular flexibility index (Phi) is 7.78. The van der Waals surface area contributed by atoms with Crippen molar-refractivity contribution < 1.29 is 14.6 Å². The summed E-state index contributed by atoms with van der Waals surface area (Å²) in [6.07, 6.45) is 6.88. The van der Waals surface area contributed by atoms with E-state index < -0.39 is 5.60 Å². The first-order valence-electron chi connectivity index (χ1n) is 9.40. The van der Waals surface area contributed by atoms with Gasteiger partial charge in [-0.2, -0.15) is 0 Å². The van der Waals surface area contributed by atoms with Gasteiger partial charge in [-0.3, -0.25) is 0 Å². The van der Waals surface area contributed by atoms with Crippen LogP contribution in [0.5, 0.6) is 5.75 Å². The Balaban J connectivity index is 3.19. The largest absolute Gasteiger partial charge is 0.508 e. The van der Waals surface area contributed by atoms with E-state index in [1.807, 2.05) is 0 Å². The SMILES string of the molecule is CCCCC(CCC)(OC(=O)c1ccc(O)cc1)C(C)(CC)CC. The van der Waals surface area contributed by atoms with Gasteiger partial charge in [-0.15, -0.1) is 0 Å². The molecule has 1 N–H and O–H groups in total. The molecule has 0 fully saturated rings. The monoisotopic (exact) mass is 334 g/mol. The standard InChI is InChI=1S/C21H34O3/c1-6-10-16-21(15-7-2,20(5,8-3)9-4)24-19(23)17-11-13-18(22)14-12-17/h11-14,22H,6-10,15-16H2,1-5H3. The topological polar surface area (TPSA) is 46.5 Å². The lowest BCUT2D eigenvalue weighted by atomic mass is 9.65. The number of aromatic hydroxyl groups is 1. The normalized spacial score (nSPS) is 14.2. The summed E-state index contributed by atoms with van der Waals surface area (Å²) in [6, 6.07) is 6.32. The van der Waals surface area contributed by atoms with Crippen LogP contribution in [0, 0.1) is 5.41 Å². The van der Waals surface area contributed by atoms with E-state index in [1.54, 1.807) is 12.1 Å². The summed E-state index contributed by atoms with van der Waals surface area (Å²) in [7, 11) is 0. The molecule has 24 heavy (non-hydrogen) atoms. The average molecular weight is 335 g/mol. The third-order valence-corrected chi connectivity index (χ3v) is 5.64. The first kappa shape index (κ1) is 20.5. The van der Waals surface area contributed by atoms with Crippen LogP contribution in [0.25, 0.3) is 0 Å². The molecule has 1 atom stereocenters. The van der Waals surface area contributed by atoms with Crippen molar-refractivity contribution in [2.75, 3.05) is 0 Å². The highest BCUT2D eigenvalue weighted by molar-refractivity contribution is 5.89. The second-order valence-electron chi connectivity index (χ2n) is 7.05. The summed E-state index contributed by atoms with van der Waals surface area (Å²) in [5, 5.41) is 9.42. The minimum absolute atomic E-state index is 0.0369. The van der Waals surface area contributed by atoms with Gasteiger partial charge in [0.1, 0.15) is 11.4 Å². The molecule has 3 nitrogen and oxygen atoms in total. The predicted octanol–water partition coefficient (Wildman–Crippen LogP) is 6.10. The number of phenolic OH excluding ortho intramolecular Hbond substituents is 1. The van der Waals surface area contributed by atoms with Crippen LogP contribution in [0.15, 0.2) is 24.3 Å². The summed E-state index contributed by atoms with van der Waals surface area (Å²) in [5.74, 6) is -0.128. The minimum Gasteiger partial charge on any atom is -0.508 e. The molecule has 0 saturated heterocycles. The van der Waals surface area contributed by atoms with Gasteiger partial charge in [-0.25, -0.2) is 4.79 Å². The number of ether oxygens (including phenoxy) is 1. The molecule has 0 spiro atoms. The summed E-state index contributed by atoms with van der Waals surface area (Å²) >= 11 is 0. The van der Waals surface area contributed by atoms with Crippen LogP contribution in [0.1, 0.15) is 89.9 Å². The molecule has 0 aromatic heterocycles. The highest BCUT2D eigenvalue weighted by Gasteiger charge is 2.48. The molecule has 0 aliphatic carbocycles. The second kappa shape index (κ2) is 9.10. The molecular formula is C21H34O3. The van der Waals surface area contributed by atoms with Gasteiger partial charge in [0.05, 0.1) is 5.56 Å². The molecule has 0 bridgehead atoms. The van der Waals surface area contributed by atoms with Gasteiger partial charge in [0, 0.05) is 5.41 Å². The fourth-order valence-electron chi connectivity index (χ4n) is 3.55. The van der Waals surface area contributed by atoms with Crippen molar-refractivity contribution in [2.45, 2.75) is 85.2 Å². The van der Waals surface area contributed by atoms with Crippen LogP contribution in [0.2, 0.25) is 0 Å². The van der Waals surface area contributed by atoms with Gasteiger partial charge in [-0.05, 0) is 56.4 Å². The number of unbranched alkanes of at least 4 members (excludes halogenated alkanes) is 1. The molecule has 0 radical (unpaired) electrons. The van der Waals surface area contributed by atoms with Gasteiger partial charge in [-0.1, -0.05) is 47.5 Å². The molecule has 0 saturated carbocycles. The Bertz CT molecular complexity index is 502. The van der Waals surface area contributed by atoms with Crippen LogP contribution in [-0.4, -0.2) is 16.7 Å². The molecule has 1 aromatic rings. The zero-order valence-corrected chi connectivity index (χ0v) is 16.0. The zero-order valence-electron chi connectivity index (χ0n) is 16.0. The van der Waals surface area contributed by atoms with Gasteiger partial charge in [0.2, 0.25) is 0 Å². The van der Waals surface area contributed by atoms with Crippen molar-refractivity contribution in [3.05, 3.63) is 29.8 Å². The van der Waals surface area contributed by atoms with Crippen molar-refractivity contribution in [3.8, 4) is 5.75 Å². The third kappa shape index (κ3) is 4.52. The van der Waals surface area contributed by atoms with Crippen LogP contribution >= 0.6 is 0 Å². The van der Waals surface area contributed by atoms with Gasteiger partial charge >= 0.3 is 5.97 Å². The highest BCUT2D eigenvalue weighted by atomic mass is 16.6. The summed E-state index contributed by atoms with van der Waals surface area (Å²) < 4.78 is 6.23. The number of esters is 1. The third-order valence-electron chi connectivity index (χ3n) is 5.64. The van der Waals surface area contributed by atoms with E-state index in [-0.39, 0.29) is 17.1 Å². The van der Waals surface area contributed by atoms with E-state index in [2.05, 4.69) is 34.6 Å². The van der Waals surface area contributed by atoms with Crippen molar-refractivity contribution >= 4 is 5.97 Å². The summed E-state index contributed by atoms with van der Waals surface area (Å²) in [5.41, 5.74) is 0.0281. The number of hydrogen-bond acceptors (Lipinski definition) is 3. The summed E-state index contributed by atoms with van der Waals surface area (Å²) in [6.45, 7) is 11.0. The molecule has 136 valence electrons. The first-order chi connectivity index (χ1) is 11.4. The molecule has 1 unspecified atom stereocenters. The van der Waals surface area contributed by atoms with Crippen molar-refractivity contribution in [3.63, 3.8) is 0 Å². The van der Waals surface area contributed by atoms with Gasteiger partial charge in [0.25, 0.3) is 0 Å². The maximum Gasteiger partial charge on any atom is 0.338 e. The second-order valence-corrected chi connectivity index (χ2v) is 7.05. The number of benzene rings is 1. The number of carbonyl (C=O) groups excluding carboxylic acids is 1. The molecule has 0 aliphatic rings. The summed E-state index contributed by atoms with van der Waals surface area (Å²) in [4.78, 5) is 12.8. The predicted molar refractivity (Wildman–Crippen MR) is 99.4 cm³/mol. The van der Waals surface area contributed by atoms with Crippen LogP contribution < -0.4 is 0 Å². The van der Waals surface area contributed by atoms with E-state index in [9.17, 15) is 9.90 Å². The fraction of sp³-hybridized carbons (Fsp3) is 0.667. The Morgan fingerprint density at radius 2 is 1.58 bits per heavy atom. The number of rotatable bonds is 10. The van der Waals surface area contributed by atoms with E-state index in [4.69, 9.17) is 4.74 Å².